The van der Waals surface area contributed by atoms with Crippen molar-refractivity contribution in [2.45, 2.75) is 6.61 Å². The fourth-order valence-electron chi connectivity index (χ4n) is 1.55. The molecule has 19 heavy (non-hydrogen) atoms. The number of nitro benzene ring substituents is 1. The second kappa shape index (κ2) is 5.98. The zero-order valence-electron chi connectivity index (χ0n) is 10.7. The number of benzene rings is 1. The van der Waals surface area contributed by atoms with Gasteiger partial charge in [-0.2, -0.15) is 0 Å². The van der Waals surface area contributed by atoms with Crippen LogP contribution in [0.5, 0.6) is 0 Å². The highest BCUT2D eigenvalue weighted by molar-refractivity contribution is 7.90. The standard InChI is InChI=1S/C11H16N2O5S/c1-12(5-6-19(2,17)18)10-3-4-11(13(15)16)9(7-10)8-14/h3-4,7,14H,5-6,8H2,1-2H3. The fraction of sp³-hybridized carbons (Fsp3) is 0.455. The van der Waals surface area contributed by atoms with Crippen molar-refractivity contribution >= 4 is 21.2 Å². The lowest BCUT2D eigenvalue weighted by atomic mass is 10.1. The minimum atomic E-state index is -3.06. The Kier molecular flexibility index (Phi) is 4.84. The minimum Gasteiger partial charge on any atom is -0.391 e. The molecule has 0 saturated heterocycles. The molecule has 0 saturated carbocycles. The van der Waals surface area contributed by atoms with Crippen molar-refractivity contribution in [2.75, 3.05) is 30.5 Å². The van der Waals surface area contributed by atoms with Crippen LogP contribution < -0.4 is 4.90 Å². The molecule has 0 amide bonds. The third-order valence-corrected chi connectivity index (χ3v) is 3.59. The summed E-state index contributed by atoms with van der Waals surface area (Å²) < 4.78 is 22.2. The van der Waals surface area contributed by atoms with Crippen molar-refractivity contribution in [3.8, 4) is 0 Å². The smallest absolute Gasteiger partial charge is 0.275 e. The Balaban J connectivity index is 2.93. The number of rotatable bonds is 6. The maximum atomic E-state index is 11.1. The second-order valence-electron chi connectivity index (χ2n) is 4.28. The molecule has 106 valence electrons. The van der Waals surface area contributed by atoms with Crippen LogP contribution in [-0.4, -0.2) is 44.0 Å². The van der Waals surface area contributed by atoms with Crippen LogP contribution in [0.15, 0.2) is 18.2 Å². The third-order valence-electron chi connectivity index (χ3n) is 2.67. The zero-order valence-corrected chi connectivity index (χ0v) is 11.6. The van der Waals surface area contributed by atoms with Gasteiger partial charge in [0, 0.05) is 31.6 Å². The largest absolute Gasteiger partial charge is 0.391 e. The van der Waals surface area contributed by atoms with Crippen LogP contribution in [0, 0.1) is 10.1 Å². The van der Waals surface area contributed by atoms with Gasteiger partial charge < -0.3 is 10.0 Å². The first-order valence-electron chi connectivity index (χ1n) is 5.51. The van der Waals surface area contributed by atoms with Crippen LogP contribution in [0.4, 0.5) is 11.4 Å². The summed E-state index contributed by atoms with van der Waals surface area (Å²) in [5.74, 6) is -0.00501. The van der Waals surface area contributed by atoms with Gasteiger partial charge in [-0.3, -0.25) is 10.1 Å². The van der Waals surface area contributed by atoms with Crippen molar-refractivity contribution in [2.24, 2.45) is 0 Å². The Hall–Kier alpha value is -1.67. The summed E-state index contributed by atoms with van der Waals surface area (Å²) in [5, 5.41) is 19.8. The monoisotopic (exact) mass is 288 g/mol. The van der Waals surface area contributed by atoms with E-state index in [4.69, 9.17) is 5.11 Å². The number of nitrogens with zero attached hydrogens (tertiary/aromatic N) is 2. The SMILES string of the molecule is CN(CCS(C)(=O)=O)c1ccc([N+](=O)[O-])c(CO)c1. The molecule has 1 aromatic rings. The maximum Gasteiger partial charge on any atom is 0.275 e. The van der Waals surface area contributed by atoms with Gasteiger partial charge in [-0.05, 0) is 12.1 Å². The lowest BCUT2D eigenvalue weighted by molar-refractivity contribution is -0.385. The average Bonchev–Trinajstić information content (AvgIpc) is 2.34. The summed E-state index contributed by atoms with van der Waals surface area (Å²) in [6, 6.07) is 4.32. The Morgan fingerprint density at radius 2 is 2.05 bits per heavy atom. The lowest BCUT2D eigenvalue weighted by Crippen LogP contribution is -2.24. The third kappa shape index (κ3) is 4.49. The van der Waals surface area contributed by atoms with Gasteiger partial charge in [-0.15, -0.1) is 0 Å². The Bertz CT molecular complexity index is 570. The number of sulfone groups is 1. The Labute approximate surface area is 111 Å². The molecule has 8 heteroatoms. The van der Waals surface area contributed by atoms with E-state index in [0.29, 0.717) is 5.69 Å². The molecule has 0 aromatic heterocycles. The molecule has 0 fully saturated rings. The number of hydrogen-bond acceptors (Lipinski definition) is 6. The highest BCUT2D eigenvalue weighted by Gasteiger charge is 2.15. The van der Waals surface area contributed by atoms with E-state index < -0.39 is 21.4 Å². The summed E-state index contributed by atoms with van der Waals surface area (Å²) in [4.78, 5) is 11.8. The van der Waals surface area contributed by atoms with Crippen molar-refractivity contribution in [3.63, 3.8) is 0 Å². The van der Waals surface area contributed by atoms with E-state index in [9.17, 15) is 18.5 Å². The molecule has 0 unspecified atom stereocenters. The van der Waals surface area contributed by atoms with Crippen molar-refractivity contribution in [1.29, 1.82) is 0 Å². The van der Waals surface area contributed by atoms with Gasteiger partial charge >= 0.3 is 0 Å². The molecule has 0 aliphatic carbocycles. The van der Waals surface area contributed by atoms with E-state index in [1.165, 1.54) is 18.2 Å². The summed E-state index contributed by atoms with van der Waals surface area (Å²) in [7, 11) is -1.38. The molecule has 1 rings (SSSR count). The van der Waals surface area contributed by atoms with E-state index in [0.717, 1.165) is 6.26 Å². The van der Waals surface area contributed by atoms with Gasteiger partial charge in [-0.25, -0.2) is 8.42 Å². The van der Waals surface area contributed by atoms with E-state index in [1.807, 2.05) is 0 Å². The predicted molar refractivity (Wildman–Crippen MR) is 72.0 cm³/mol. The Morgan fingerprint density at radius 1 is 1.42 bits per heavy atom. The molecule has 1 aromatic carbocycles. The van der Waals surface area contributed by atoms with E-state index >= 15 is 0 Å². The summed E-state index contributed by atoms with van der Waals surface area (Å²) >= 11 is 0. The number of anilines is 1. The maximum absolute atomic E-state index is 11.1. The Morgan fingerprint density at radius 3 is 2.53 bits per heavy atom. The van der Waals surface area contributed by atoms with Crippen LogP contribution in [0.1, 0.15) is 5.56 Å². The van der Waals surface area contributed by atoms with Crippen LogP contribution >= 0.6 is 0 Å². The average molecular weight is 288 g/mol. The zero-order chi connectivity index (χ0) is 14.6. The first kappa shape index (κ1) is 15.4. The fourth-order valence-corrected chi connectivity index (χ4v) is 2.15. The molecule has 7 nitrogen and oxygen atoms in total. The normalized spacial score (nSPS) is 11.3. The van der Waals surface area contributed by atoms with Gasteiger partial charge in [0.25, 0.3) is 5.69 Å². The van der Waals surface area contributed by atoms with Gasteiger partial charge in [0.15, 0.2) is 0 Å². The summed E-state index contributed by atoms with van der Waals surface area (Å²) in [6.07, 6.45) is 1.15. The molecule has 0 aliphatic rings. The minimum absolute atomic E-state index is 0.00501. The predicted octanol–water partition coefficient (Wildman–Crippen LogP) is 0.568. The molecular formula is C11H16N2O5S. The quantitative estimate of drug-likeness (QED) is 0.606. The lowest BCUT2D eigenvalue weighted by Gasteiger charge is -2.19. The van der Waals surface area contributed by atoms with Crippen LogP contribution in [0.2, 0.25) is 0 Å². The second-order valence-corrected chi connectivity index (χ2v) is 6.54. The molecule has 0 atom stereocenters. The molecule has 0 radical (unpaired) electrons. The van der Waals surface area contributed by atoms with Crippen molar-refractivity contribution < 1.29 is 18.4 Å². The van der Waals surface area contributed by atoms with Gasteiger partial charge in [-0.1, -0.05) is 0 Å². The first-order chi connectivity index (χ1) is 8.74. The molecule has 0 aliphatic heterocycles. The van der Waals surface area contributed by atoms with Crippen molar-refractivity contribution in [1.82, 2.24) is 0 Å². The number of hydrogen-bond donors (Lipinski definition) is 1. The number of nitro groups is 1. The van der Waals surface area contributed by atoms with Crippen molar-refractivity contribution in [3.05, 3.63) is 33.9 Å². The van der Waals surface area contributed by atoms with E-state index in [2.05, 4.69) is 0 Å². The molecular weight excluding hydrogens is 272 g/mol. The molecule has 1 N–H and O–H groups in total. The van der Waals surface area contributed by atoms with E-state index in [1.54, 1.807) is 11.9 Å². The molecule has 0 heterocycles. The first-order valence-corrected chi connectivity index (χ1v) is 7.57. The highest BCUT2D eigenvalue weighted by atomic mass is 32.2. The van der Waals surface area contributed by atoms with Crippen LogP contribution in [0.3, 0.4) is 0 Å². The van der Waals surface area contributed by atoms with E-state index in [-0.39, 0.29) is 23.5 Å². The summed E-state index contributed by atoms with van der Waals surface area (Å²) in [5.41, 5.74) is 0.676. The van der Waals surface area contributed by atoms with Gasteiger partial charge in [0.05, 0.1) is 22.8 Å². The molecule has 0 bridgehead atoms. The summed E-state index contributed by atoms with van der Waals surface area (Å²) in [6.45, 7) is -0.161. The topological polar surface area (TPSA) is 101 Å². The van der Waals surface area contributed by atoms with Gasteiger partial charge in [0.1, 0.15) is 9.84 Å². The molecule has 0 spiro atoms. The van der Waals surface area contributed by atoms with Crippen LogP contribution in [0.25, 0.3) is 0 Å². The van der Waals surface area contributed by atoms with Crippen LogP contribution in [-0.2, 0) is 16.4 Å². The number of aliphatic hydroxyl groups excluding tert-OH is 1. The van der Waals surface area contributed by atoms with Gasteiger partial charge in [0.2, 0.25) is 0 Å². The number of aliphatic hydroxyl groups is 1. The highest BCUT2D eigenvalue weighted by Crippen LogP contribution is 2.24.